The van der Waals surface area contributed by atoms with Gasteiger partial charge in [-0.15, -0.1) is 0 Å². The van der Waals surface area contributed by atoms with E-state index in [0.717, 1.165) is 32.5 Å². The van der Waals surface area contributed by atoms with Crippen LogP contribution in [0, 0.1) is 5.92 Å². The Balaban J connectivity index is 1.89. The molecule has 2 rings (SSSR count). The molecule has 1 fully saturated rings. The minimum absolute atomic E-state index is 0.280. The van der Waals surface area contributed by atoms with Crippen molar-refractivity contribution in [2.75, 3.05) is 13.1 Å². The molecule has 1 saturated heterocycles. The van der Waals surface area contributed by atoms with Gasteiger partial charge in [0.25, 0.3) is 0 Å². The van der Waals surface area contributed by atoms with E-state index in [9.17, 15) is 4.79 Å². The Bertz CT molecular complexity index is 374. The van der Waals surface area contributed by atoms with E-state index in [2.05, 4.69) is 36.1 Å². The molecule has 1 atom stereocenters. The molecule has 0 radical (unpaired) electrons. The molecule has 1 aliphatic rings. The molecule has 0 N–H and O–H groups in total. The van der Waals surface area contributed by atoms with Crippen LogP contribution in [0.5, 0.6) is 0 Å². The van der Waals surface area contributed by atoms with E-state index in [4.69, 9.17) is 0 Å². The number of benzene rings is 1. The standard InChI is InChI=1S/C16H23NO/c1-2-3-9-15-13-17(11-10-16(15)18)12-14-7-5-4-6-8-14/h4-8,15H,2-3,9-13H2,1H3/t15-/m1/s1. The molecule has 18 heavy (non-hydrogen) atoms. The molecular formula is C16H23NO. The van der Waals surface area contributed by atoms with Gasteiger partial charge in [0.2, 0.25) is 0 Å². The minimum Gasteiger partial charge on any atom is -0.299 e. The second-order valence-electron chi connectivity index (χ2n) is 5.28. The normalized spacial score (nSPS) is 21.2. The van der Waals surface area contributed by atoms with E-state index < -0.39 is 0 Å². The first kappa shape index (κ1) is 13.3. The van der Waals surface area contributed by atoms with Gasteiger partial charge in [-0.2, -0.15) is 0 Å². The third kappa shape index (κ3) is 3.67. The van der Waals surface area contributed by atoms with E-state index in [1.807, 2.05) is 6.07 Å². The Morgan fingerprint density at radius 3 is 2.78 bits per heavy atom. The molecule has 0 unspecified atom stereocenters. The van der Waals surface area contributed by atoms with Gasteiger partial charge in [-0.05, 0) is 12.0 Å². The molecule has 2 nitrogen and oxygen atoms in total. The molecule has 0 amide bonds. The second kappa shape index (κ2) is 6.69. The van der Waals surface area contributed by atoms with Crippen LogP contribution in [0.3, 0.4) is 0 Å². The highest BCUT2D eigenvalue weighted by Crippen LogP contribution is 2.20. The van der Waals surface area contributed by atoms with E-state index >= 15 is 0 Å². The van der Waals surface area contributed by atoms with Crippen LogP contribution in [0.4, 0.5) is 0 Å². The van der Waals surface area contributed by atoms with Crippen LogP contribution in [0.2, 0.25) is 0 Å². The Labute approximate surface area is 110 Å². The average Bonchev–Trinajstić information content (AvgIpc) is 2.40. The van der Waals surface area contributed by atoms with E-state index in [0.29, 0.717) is 5.78 Å². The molecule has 0 aliphatic carbocycles. The predicted octanol–water partition coefficient (Wildman–Crippen LogP) is 3.27. The van der Waals surface area contributed by atoms with Crippen LogP contribution in [-0.2, 0) is 11.3 Å². The maximum atomic E-state index is 11.9. The largest absolute Gasteiger partial charge is 0.299 e. The summed E-state index contributed by atoms with van der Waals surface area (Å²) in [6.07, 6.45) is 4.17. The monoisotopic (exact) mass is 245 g/mol. The summed E-state index contributed by atoms with van der Waals surface area (Å²) in [7, 11) is 0. The average molecular weight is 245 g/mol. The summed E-state index contributed by atoms with van der Waals surface area (Å²) in [5.74, 6) is 0.759. The summed E-state index contributed by atoms with van der Waals surface area (Å²) in [6, 6.07) is 10.5. The smallest absolute Gasteiger partial charge is 0.138 e. The van der Waals surface area contributed by atoms with Crippen molar-refractivity contribution in [1.29, 1.82) is 0 Å². The minimum atomic E-state index is 0.280. The number of hydrogen-bond donors (Lipinski definition) is 0. The lowest BCUT2D eigenvalue weighted by atomic mass is 9.91. The Hall–Kier alpha value is -1.15. The van der Waals surface area contributed by atoms with Crippen LogP contribution >= 0.6 is 0 Å². The van der Waals surface area contributed by atoms with Gasteiger partial charge in [0, 0.05) is 32.0 Å². The molecule has 0 spiro atoms. The predicted molar refractivity (Wildman–Crippen MR) is 74.4 cm³/mol. The zero-order chi connectivity index (χ0) is 12.8. The Morgan fingerprint density at radius 1 is 1.28 bits per heavy atom. The maximum absolute atomic E-state index is 11.9. The number of carbonyl (C=O) groups excluding carboxylic acids is 1. The molecule has 1 heterocycles. The van der Waals surface area contributed by atoms with Crippen molar-refractivity contribution >= 4 is 5.78 Å². The summed E-state index contributed by atoms with van der Waals surface area (Å²) in [4.78, 5) is 14.3. The number of Topliss-reactive ketones (excluding diaryl/α,β-unsaturated/α-hetero) is 1. The highest BCUT2D eigenvalue weighted by Gasteiger charge is 2.26. The van der Waals surface area contributed by atoms with Crippen molar-refractivity contribution in [3.63, 3.8) is 0 Å². The van der Waals surface area contributed by atoms with Gasteiger partial charge < -0.3 is 0 Å². The van der Waals surface area contributed by atoms with Gasteiger partial charge in [0.15, 0.2) is 0 Å². The molecular weight excluding hydrogens is 222 g/mol. The van der Waals surface area contributed by atoms with Crippen molar-refractivity contribution in [1.82, 2.24) is 4.90 Å². The highest BCUT2D eigenvalue weighted by atomic mass is 16.1. The number of carbonyl (C=O) groups is 1. The number of likely N-dealkylation sites (tertiary alicyclic amines) is 1. The topological polar surface area (TPSA) is 20.3 Å². The van der Waals surface area contributed by atoms with E-state index in [1.165, 1.54) is 18.4 Å². The molecule has 0 bridgehead atoms. The van der Waals surface area contributed by atoms with Crippen LogP contribution in [0.1, 0.15) is 38.2 Å². The maximum Gasteiger partial charge on any atom is 0.138 e. The van der Waals surface area contributed by atoms with E-state index in [1.54, 1.807) is 0 Å². The SMILES string of the molecule is CCCC[C@@H]1CN(Cc2ccccc2)CCC1=O. The number of nitrogens with zero attached hydrogens (tertiary/aromatic N) is 1. The molecule has 2 heteroatoms. The number of unbranched alkanes of at least 4 members (excludes halogenated alkanes) is 1. The highest BCUT2D eigenvalue weighted by molar-refractivity contribution is 5.82. The lowest BCUT2D eigenvalue weighted by Crippen LogP contribution is -2.40. The molecule has 1 aromatic carbocycles. The summed E-state index contributed by atoms with van der Waals surface area (Å²) in [5, 5.41) is 0. The third-order valence-electron chi connectivity index (χ3n) is 3.76. The van der Waals surface area contributed by atoms with Crippen LogP contribution < -0.4 is 0 Å². The number of piperidine rings is 1. The molecule has 1 aromatic rings. The summed E-state index contributed by atoms with van der Waals surface area (Å²) in [5.41, 5.74) is 1.35. The lowest BCUT2D eigenvalue weighted by Gasteiger charge is -2.31. The summed E-state index contributed by atoms with van der Waals surface area (Å²) >= 11 is 0. The molecule has 1 aliphatic heterocycles. The van der Waals surface area contributed by atoms with Gasteiger partial charge in [-0.1, -0.05) is 50.1 Å². The van der Waals surface area contributed by atoms with Crippen molar-refractivity contribution in [2.45, 2.75) is 39.2 Å². The summed E-state index contributed by atoms with van der Waals surface area (Å²) in [6.45, 7) is 5.05. The van der Waals surface area contributed by atoms with Gasteiger partial charge in [-0.25, -0.2) is 0 Å². The first-order chi connectivity index (χ1) is 8.79. The fourth-order valence-electron chi connectivity index (χ4n) is 2.67. The van der Waals surface area contributed by atoms with Crippen LogP contribution in [0.15, 0.2) is 30.3 Å². The number of ketones is 1. The zero-order valence-corrected chi connectivity index (χ0v) is 11.3. The van der Waals surface area contributed by atoms with Crippen LogP contribution in [-0.4, -0.2) is 23.8 Å². The van der Waals surface area contributed by atoms with Gasteiger partial charge in [0.1, 0.15) is 5.78 Å². The van der Waals surface area contributed by atoms with Crippen molar-refractivity contribution in [3.8, 4) is 0 Å². The number of rotatable bonds is 5. The van der Waals surface area contributed by atoms with Gasteiger partial charge in [-0.3, -0.25) is 9.69 Å². The first-order valence-electron chi connectivity index (χ1n) is 7.08. The molecule has 0 saturated carbocycles. The first-order valence-corrected chi connectivity index (χ1v) is 7.08. The van der Waals surface area contributed by atoms with Gasteiger partial charge >= 0.3 is 0 Å². The second-order valence-corrected chi connectivity index (χ2v) is 5.28. The van der Waals surface area contributed by atoms with Crippen molar-refractivity contribution in [2.24, 2.45) is 5.92 Å². The number of hydrogen-bond acceptors (Lipinski definition) is 2. The summed E-state index contributed by atoms with van der Waals surface area (Å²) < 4.78 is 0. The Morgan fingerprint density at radius 2 is 2.06 bits per heavy atom. The van der Waals surface area contributed by atoms with E-state index in [-0.39, 0.29) is 5.92 Å². The fourth-order valence-corrected chi connectivity index (χ4v) is 2.67. The molecule has 98 valence electrons. The molecule has 0 aromatic heterocycles. The lowest BCUT2D eigenvalue weighted by molar-refractivity contribution is -0.126. The quantitative estimate of drug-likeness (QED) is 0.793. The third-order valence-corrected chi connectivity index (χ3v) is 3.76. The van der Waals surface area contributed by atoms with Crippen molar-refractivity contribution < 1.29 is 4.79 Å². The zero-order valence-electron chi connectivity index (χ0n) is 11.3. The fraction of sp³-hybridized carbons (Fsp3) is 0.562. The van der Waals surface area contributed by atoms with Crippen LogP contribution in [0.25, 0.3) is 0 Å². The Kier molecular flexibility index (Phi) is 4.94. The van der Waals surface area contributed by atoms with Gasteiger partial charge in [0.05, 0.1) is 0 Å². The van der Waals surface area contributed by atoms with Crippen molar-refractivity contribution in [3.05, 3.63) is 35.9 Å².